The zero-order valence-corrected chi connectivity index (χ0v) is 14.5. The van der Waals surface area contributed by atoms with Crippen LogP contribution in [-0.2, 0) is 19.7 Å². The van der Waals surface area contributed by atoms with Gasteiger partial charge in [0.1, 0.15) is 0 Å². The van der Waals surface area contributed by atoms with Gasteiger partial charge in [0.15, 0.2) is 5.78 Å². The average molecular weight is 338 g/mol. The van der Waals surface area contributed by atoms with E-state index < -0.39 is 5.41 Å². The van der Waals surface area contributed by atoms with Crippen LogP contribution >= 0.6 is 0 Å². The number of para-hydroxylation sites is 1. The number of piperidine rings is 1. The zero-order chi connectivity index (χ0) is 17.3. The van der Waals surface area contributed by atoms with Crippen molar-refractivity contribution < 1.29 is 14.3 Å². The van der Waals surface area contributed by atoms with Crippen LogP contribution in [0.15, 0.2) is 36.1 Å². The summed E-state index contributed by atoms with van der Waals surface area (Å²) >= 11 is 0. The number of ether oxygens (including phenoxy) is 1. The van der Waals surface area contributed by atoms with Crippen molar-refractivity contribution in [2.45, 2.75) is 37.3 Å². The first-order valence-electron chi connectivity index (χ1n) is 9.00. The van der Waals surface area contributed by atoms with Crippen molar-refractivity contribution in [2.75, 3.05) is 18.6 Å². The molecule has 5 heteroatoms. The second-order valence-electron chi connectivity index (χ2n) is 7.85. The summed E-state index contributed by atoms with van der Waals surface area (Å²) in [5.41, 5.74) is 2.44. The summed E-state index contributed by atoms with van der Waals surface area (Å²) < 4.78 is 5.61. The number of allylic oxidation sites excluding steroid dienone is 1. The molecular weight excluding hydrogens is 316 g/mol. The number of benzene rings is 1. The molecule has 130 valence electrons. The van der Waals surface area contributed by atoms with Crippen molar-refractivity contribution in [2.24, 2.45) is 11.8 Å². The molecule has 1 amide bonds. The molecule has 0 saturated carbocycles. The lowest BCUT2D eigenvalue weighted by atomic mass is 9.72. The van der Waals surface area contributed by atoms with Crippen LogP contribution in [0.2, 0.25) is 0 Å². The Morgan fingerprint density at radius 3 is 2.96 bits per heavy atom. The molecule has 1 aromatic rings. The largest absolute Gasteiger partial charge is 0.500 e. The number of nitrogens with one attached hydrogen (secondary N) is 1. The SMILES string of the molecule is CC(=O)C1=COC[C@H]2[C@@H]3C[C@]4(C(=O)N(C)c5ccccc54)[C@H](C[C@@H]12)N3. The highest BCUT2D eigenvalue weighted by Crippen LogP contribution is 2.55. The summed E-state index contributed by atoms with van der Waals surface area (Å²) in [5.74, 6) is 0.708. The number of hydrogen-bond acceptors (Lipinski definition) is 4. The van der Waals surface area contributed by atoms with Crippen LogP contribution in [0.3, 0.4) is 0 Å². The van der Waals surface area contributed by atoms with E-state index in [0.29, 0.717) is 6.61 Å². The number of ketones is 1. The van der Waals surface area contributed by atoms with Gasteiger partial charge in [0.25, 0.3) is 0 Å². The molecular formula is C20H22N2O3. The molecule has 5 rings (SSSR count). The van der Waals surface area contributed by atoms with Crippen LogP contribution in [-0.4, -0.2) is 37.4 Å². The molecule has 1 aromatic carbocycles. The molecule has 5 atom stereocenters. The van der Waals surface area contributed by atoms with Gasteiger partial charge in [0, 0.05) is 36.3 Å². The Balaban J connectivity index is 1.61. The molecule has 1 spiro atoms. The van der Waals surface area contributed by atoms with Gasteiger partial charge in [-0.15, -0.1) is 0 Å². The van der Waals surface area contributed by atoms with Crippen LogP contribution in [0.5, 0.6) is 0 Å². The maximum absolute atomic E-state index is 13.3. The van der Waals surface area contributed by atoms with Crippen molar-refractivity contribution >= 4 is 17.4 Å². The molecule has 4 heterocycles. The quantitative estimate of drug-likeness (QED) is 0.848. The third-order valence-corrected chi connectivity index (χ3v) is 6.81. The number of anilines is 1. The normalized spacial score (nSPS) is 38.2. The molecule has 2 saturated heterocycles. The minimum Gasteiger partial charge on any atom is -0.500 e. The molecule has 2 bridgehead atoms. The van der Waals surface area contributed by atoms with Crippen molar-refractivity contribution in [1.29, 1.82) is 0 Å². The van der Waals surface area contributed by atoms with E-state index in [4.69, 9.17) is 4.74 Å². The summed E-state index contributed by atoms with van der Waals surface area (Å²) in [7, 11) is 1.87. The molecule has 25 heavy (non-hydrogen) atoms. The fraction of sp³-hybridized carbons (Fsp3) is 0.500. The summed E-state index contributed by atoms with van der Waals surface area (Å²) in [6, 6.07) is 8.41. The topological polar surface area (TPSA) is 58.6 Å². The minimum absolute atomic E-state index is 0.0678. The Labute approximate surface area is 147 Å². The lowest BCUT2D eigenvalue weighted by molar-refractivity contribution is -0.123. The van der Waals surface area contributed by atoms with Gasteiger partial charge < -0.3 is 15.0 Å². The van der Waals surface area contributed by atoms with Gasteiger partial charge in [-0.2, -0.15) is 0 Å². The molecule has 2 fully saturated rings. The number of amides is 1. The first-order valence-corrected chi connectivity index (χ1v) is 9.00. The molecule has 4 aliphatic heterocycles. The Kier molecular flexibility index (Phi) is 2.99. The second-order valence-corrected chi connectivity index (χ2v) is 7.85. The highest BCUT2D eigenvalue weighted by atomic mass is 16.5. The van der Waals surface area contributed by atoms with E-state index >= 15 is 0 Å². The van der Waals surface area contributed by atoms with Crippen molar-refractivity contribution in [3.8, 4) is 0 Å². The van der Waals surface area contributed by atoms with E-state index in [1.54, 1.807) is 18.1 Å². The number of likely N-dealkylation sites (N-methyl/N-ethyl adjacent to an activating group) is 1. The first-order chi connectivity index (χ1) is 12.0. The van der Waals surface area contributed by atoms with Crippen LogP contribution in [0.1, 0.15) is 25.3 Å². The molecule has 0 radical (unpaired) electrons. The predicted octanol–water partition coefficient (Wildman–Crippen LogP) is 1.77. The van der Waals surface area contributed by atoms with E-state index in [2.05, 4.69) is 11.4 Å². The molecule has 0 unspecified atom stereocenters. The van der Waals surface area contributed by atoms with E-state index in [1.807, 2.05) is 25.2 Å². The maximum Gasteiger partial charge on any atom is 0.239 e. The van der Waals surface area contributed by atoms with Crippen molar-refractivity contribution in [3.63, 3.8) is 0 Å². The Bertz CT molecular complexity index is 817. The summed E-state index contributed by atoms with van der Waals surface area (Å²) in [6.45, 7) is 2.23. The molecule has 4 aliphatic rings. The Morgan fingerprint density at radius 2 is 2.16 bits per heavy atom. The second kappa shape index (κ2) is 4.94. The van der Waals surface area contributed by atoms with E-state index in [0.717, 1.165) is 29.7 Å². The maximum atomic E-state index is 13.3. The summed E-state index contributed by atoms with van der Waals surface area (Å²) in [4.78, 5) is 27.2. The third-order valence-electron chi connectivity index (χ3n) is 6.81. The number of fused-ring (bicyclic) bond motifs is 7. The van der Waals surface area contributed by atoms with Gasteiger partial charge in [0.2, 0.25) is 5.91 Å². The van der Waals surface area contributed by atoms with Crippen LogP contribution in [0.4, 0.5) is 5.69 Å². The van der Waals surface area contributed by atoms with E-state index in [9.17, 15) is 9.59 Å². The van der Waals surface area contributed by atoms with Gasteiger partial charge >= 0.3 is 0 Å². The molecule has 0 aromatic heterocycles. The van der Waals surface area contributed by atoms with Crippen molar-refractivity contribution in [1.82, 2.24) is 5.32 Å². The highest BCUT2D eigenvalue weighted by molar-refractivity contribution is 6.08. The van der Waals surface area contributed by atoms with Crippen LogP contribution < -0.4 is 10.2 Å². The highest BCUT2D eigenvalue weighted by Gasteiger charge is 2.63. The van der Waals surface area contributed by atoms with Gasteiger partial charge in [-0.1, -0.05) is 18.2 Å². The zero-order valence-electron chi connectivity index (χ0n) is 14.5. The van der Waals surface area contributed by atoms with Crippen LogP contribution in [0.25, 0.3) is 0 Å². The third kappa shape index (κ3) is 1.77. The van der Waals surface area contributed by atoms with Crippen molar-refractivity contribution in [3.05, 3.63) is 41.7 Å². The standard InChI is InChI=1S/C20H22N2O3/c1-11(23)13-9-25-10-14-12(13)7-18-20(8-16(14)21-18)15-5-3-4-6-17(15)22(2)19(20)24/h3-6,9,12,14,16,18,21H,7-8,10H2,1-2H3/t12-,14+,16-,18-,20+/m0/s1. The molecule has 1 N–H and O–H groups in total. The summed E-state index contributed by atoms with van der Waals surface area (Å²) in [5, 5.41) is 3.71. The van der Waals surface area contributed by atoms with Gasteiger partial charge in [0.05, 0.1) is 18.3 Å². The smallest absolute Gasteiger partial charge is 0.239 e. The lowest BCUT2D eigenvalue weighted by Crippen LogP contribution is -2.53. The van der Waals surface area contributed by atoms with E-state index in [-0.39, 0.29) is 35.6 Å². The fourth-order valence-corrected chi connectivity index (χ4v) is 5.67. The number of rotatable bonds is 1. The first kappa shape index (κ1) is 15.1. The Hall–Kier alpha value is -2.14. The lowest BCUT2D eigenvalue weighted by Gasteiger charge is -2.41. The van der Waals surface area contributed by atoms with Crippen LogP contribution in [0, 0.1) is 11.8 Å². The number of Topliss-reactive ketones (excluding diaryl/α,β-unsaturated/α-hetero) is 1. The van der Waals surface area contributed by atoms with E-state index in [1.165, 1.54) is 0 Å². The summed E-state index contributed by atoms with van der Waals surface area (Å²) in [6.07, 6.45) is 3.24. The van der Waals surface area contributed by atoms with Gasteiger partial charge in [-0.3, -0.25) is 9.59 Å². The van der Waals surface area contributed by atoms with Gasteiger partial charge in [-0.25, -0.2) is 0 Å². The minimum atomic E-state index is -0.505. The fourth-order valence-electron chi connectivity index (χ4n) is 5.67. The Morgan fingerprint density at radius 1 is 1.36 bits per heavy atom. The number of carbonyl (C=O) groups excluding carboxylic acids is 2. The number of hydrogen-bond donors (Lipinski definition) is 1. The number of carbonyl (C=O) groups is 2. The monoisotopic (exact) mass is 338 g/mol. The predicted molar refractivity (Wildman–Crippen MR) is 93.2 cm³/mol. The molecule has 0 aliphatic carbocycles. The number of nitrogens with zero attached hydrogens (tertiary/aromatic N) is 1. The molecule has 5 nitrogen and oxygen atoms in total. The average Bonchev–Trinajstić information content (AvgIpc) is 3.04. The van der Waals surface area contributed by atoms with Gasteiger partial charge in [-0.05, 0) is 37.3 Å².